The van der Waals surface area contributed by atoms with E-state index in [0.717, 1.165) is 4.90 Å². The summed E-state index contributed by atoms with van der Waals surface area (Å²) in [6.45, 7) is 1.78. The lowest BCUT2D eigenvalue weighted by atomic mass is 10.2. The molecule has 0 radical (unpaired) electrons. The highest BCUT2D eigenvalue weighted by molar-refractivity contribution is 8.00. The van der Waals surface area contributed by atoms with Crippen molar-refractivity contribution >= 4 is 41.6 Å². The van der Waals surface area contributed by atoms with Crippen molar-refractivity contribution < 1.29 is 23.8 Å². The Morgan fingerprint density at radius 3 is 2.50 bits per heavy atom. The molecule has 1 amide bonds. The van der Waals surface area contributed by atoms with E-state index in [0.29, 0.717) is 16.3 Å². The van der Waals surface area contributed by atoms with Crippen molar-refractivity contribution in [2.45, 2.75) is 17.1 Å². The Morgan fingerprint density at radius 2 is 1.86 bits per heavy atom. The molecule has 2 aromatic rings. The van der Waals surface area contributed by atoms with Gasteiger partial charge in [0.1, 0.15) is 0 Å². The number of hydrogen-bond donors (Lipinski definition) is 1. The summed E-state index contributed by atoms with van der Waals surface area (Å²) in [4.78, 5) is 24.3. The van der Waals surface area contributed by atoms with Gasteiger partial charge in [-0.25, -0.2) is 10.2 Å². The summed E-state index contributed by atoms with van der Waals surface area (Å²) in [7, 11) is 2.66. The van der Waals surface area contributed by atoms with E-state index in [4.69, 9.17) is 21.1 Å². The first-order valence-corrected chi connectivity index (χ1v) is 9.37. The molecule has 0 aliphatic rings. The molecule has 0 bridgehead atoms. The summed E-state index contributed by atoms with van der Waals surface area (Å²) in [5, 5.41) is 4.25. The van der Waals surface area contributed by atoms with E-state index < -0.39 is 6.16 Å². The largest absolute Gasteiger partial charge is 0.513 e. The van der Waals surface area contributed by atoms with Gasteiger partial charge < -0.3 is 14.2 Å². The number of thioether (sulfide) groups is 1. The van der Waals surface area contributed by atoms with E-state index in [1.165, 1.54) is 38.3 Å². The van der Waals surface area contributed by atoms with Crippen molar-refractivity contribution in [3.05, 3.63) is 53.1 Å². The topological polar surface area (TPSA) is 86.2 Å². The molecule has 0 saturated carbocycles. The molecule has 148 valence electrons. The van der Waals surface area contributed by atoms with Crippen LogP contribution < -0.4 is 14.9 Å². The molecule has 7 nitrogen and oxygen atoms in total. The normalized spacial score (nSPS) is 11.7. The summed E-state index contributed by atoms with van der Waals surface area (Å²) < 4.78 is 14.6. The lowest BCUT2D eigenvalue weighted by molar-refractivity contribution is -0.120. The molecular weight excluding hydrogens is 404 g/mol. The van der Waals surface area contributed by atoms with E-state index in [2.05, 4.69) is 15.3 Å². The van der Waals surface area contributed by atoms with Gasteiger partial charge in [-0.2, -0.15) is 5.10 Å². The SMILES string of the molecule is COC(=O)Oc1ccc(/C=N\NC(=O)[C@H](C)Sc2ccc(Cl)cc2)cc1OC. The van der Waals surface area contributed by atoms with Crippen molar-refractivity contribution in [1.82, 2.24) is 5.43 Å². The second-order valence-electron chi connectivity index (χ2n) is 5.41. The summed E-state index contributed by atoms with van der Waals surface area (Å²) in [6.07, 6.45) is 0.612. The third-order valence-electron chi connectivity index (χ3n) is 3.43. The van der Waals surface area contributed by atoms with Gasteiger partial charge in [0, 0.05) is 9.92 Å². The maximum absolute atomic E-state index is 12.2. The van der Waals surface area contributed by atoms with Gasteiger partial charge in [-0.3, -0.25) is 4.79 Å². The Balaban J connectivity index is 1.94. The molecule has 1 N–H and O–H groups in total. The molecule has 28 heavy (non-hydrogen) atoms. The van der Waals surface area contributed by atoms with Crippen LogP contribution in [0, 0.1) is 0 Å². The number of nitrogens with zero attached hydrogens (tertiary/aromatic N) is 1. The number of carbonyl (C=O) groups excluding carboxylic acids is 2. The van der Waals surface area contributed by atoms with Crippen LogP contribution in [0.1, 0.15) is 12.5 Å². The van der Waals surface area contributed by atoms with Gasteiger partial charge in [0.2, 0.25) is 0 Å². The highest BCUT2D eigenvalue weighted by Gasteiger charge is 2.14. The fraction of sp³-hybridized carbons (Fsp3) is 0.211. The van der Waals surface area contributed by atoms with Gasteiger partial charge >= 0.3 is 6.16 Å². The lowest BCUT2D eigenvalue weighted by Gasteiger charge is -2.10. The van der Waals surface area contributed by atoms with Gasteiger partial charge in [0.25, 0.3) is 5.91 Å². The number of hydrazone groups is 1. The summed E-state index contributed by atoms with van der Waals surface area (Å²) >= 11 is 7.25. The molecular formula is C19H19ClN2O5S. The van der Waals surface area contributed by atoms with E-state index in [1.807, 2.05) is 12.1 Å². The number of halogens is 1. The molecule has 0 fully saturated rings. The average molecular weight is 423 g/mol. The first-order valence-electron chi connectivity index (χ1n) is 8.12. The number of carbonyl (C=O) groups is 2. The first kappa shape index (κ1) is 21.6. The van der Waals surface area contributed by atoms with Gasteiger partial charge in [0.15, 0.2) is 11.5 Å². The van der Waals surface area contributed by atoms with E-state index >= 15 is 0 Å². The first-order chi connectivity index (χ1) is 13.4. The lowest BCUT2D eigenvalue weighted by Crippen LogP contribution is -2.26. The number of rotatable bonds is 7. The number of hydrogen-bond acceptors (Lipinski definition) is 7. The van der Waals surface area contributed by atoms with Crippen LogP contribution >= 0.6 is 23.4 Å². The minimum Gasteiger partial charge on any atom is -0.493 e. The van der Waals surface area contributed by atoms with Gasteiger partial charge in [-0.1, -0.05) is 11.6 Å². The maximum atomic E-state index is 12.2. The monoisotopic (exact) mass is 422 g/mol. The molecule has 0 unspecified atom stereocenters. The van der Waals surface area contributed by atoms with Crippen molar-refractivity contribution in [2.75, 3.05) is 14.2 Å². The zero-order valence-electron chi connectivity index (χ0n) is 15.5. The van der Waals surface area contributed by atoms with Crippen molar-refractivity contribution in [1.29, 1.82) is 0 Å². The third kappa shape index (κ3) is 6.47. The highest BCUT2D eigenvalue weighted by Crippen LogP contribution is 2.28. The van der Waals surface area contributed by atoms with Crippen LogP contribution in [0.5, 0.6) is 11.5 Å². The van der Waals surface area contributed by atoms with Crippen LogP contribution in [-0.2, 0) is 9.53 Å². The van der Waals surface area contributed by atoms with E-state index in [9.17, 15) is 9.59 Å². The van der Waals surface area contributed by atoms with Gasteiger partial charge in [0.05, 0.1) is 25.7 Å². The molecule has 9 heteroatoms. The molecule has 1 atom stereocenters. The summed E-state index contributed by atoms with van der Waals surface area (Å²) in [6, 6.07) is 12.1. The number of methoxy groups -OCH3 is 2. The fourth-order valence-corrected chi connectivity index (χ4v) is 3.00. The van der Waals surface area contributed by atoms with Gasteiger partial charge in [-0.05, 0) is 55.0 Å². The number of benzene rings is 2. The van der Waals surface area contributed by atoms with Gasteiger partial charge in [-0.15, -0.1) is 11.8 Å². The van der Waals surface area contributed by atoms with Crippen LogP contribution in [0.3, 0.4) is 0 Å². The molecule has 0 aliphatic carbocycles. The van der Waals surface area contributed by atoms with Crippen molar-refractivity contribution in [2.24, 2.45) is 5.10 Å². The summed E-state index contributed by atoms with van der Waals surface area (Å²) in [5.74, 6) is 0.296. The van der Waals surface area contributed by atoms with Crippen LogP contribution in [-0.4, -0.2) is 37.7 Å². The Morgan fingerprint density at radius 1 is 1.14 bits per heavy atom. The van der Waals surface area contributed by atoms with E-state index in [-0.39, 0.29) is 16.9 Å². The zero-order chi connectivity index (χ0) is 20.5. The molecule has 0 heterocycles. The highest BCUT2D eigenvalue weighted by atomic mass is 35.5. The van der Waals surface area contributed by atoms with Crippen LogP contribution in [0.25, 0.3) is 0 Å². The second kappa shape index (κ2) is 10.6. The molecule has 0 spiro atoms. The predicted molar refractivity (Wildman–Crippen MR) is 109 cm³/mol. The maximum Gasteiger partial charge on any atom is 0.513 e. The Bertz CT molecular complexity index is 858. The fourth-order valence-electron chi connectivity index (χ4n) is 2.01. The number of nitrogens with one attached hydrogen (secondary N) is 1. The van der Waals surface area contributed by atoms with Crippen molar-refractivity contribution in [3.63, 3.8) is 0 Å². The Hall–Kier alpha value is -2.71. The standard InChI is InChI=1S/C19H19ClN2O5S/c1-12(28-15-7-5-14(20)6-8-15)18(23)22-21-11-13-4-9-16(17(10-13)25-2)27-19(24)26-3/h4-12H,1-3H3,(H,22,23)/b21-11-/t12-/m0/s1. The average Bonchev–Trinajstić information content (AvgIpc) is 2.70. The molecule has 0 aromatic heterocycles. The molecule has 0 saturated heterocycles. The van der Waals surface area contributed by atoms with E-state index in [1.54, 1.807) is 31.2 Å². The molecule has 2 rings (SSSR count). The van der Waals surface area contributed by atoms with Crippen LogP contribution in [0.15, 0.2) is 52.5 Å². The minimum absolute atomic E-state index is 0.212. The third-order valence-corrected chi connectivity index (χ3v) is 4.80. The minimum atomic E-state index is -0.848. The Kier molecular flexibility index (Phi) is 8.16. The number of amides is 1. The van der Waals surface area contributed by atoms with Crippen molar-refractivity contribution in [3.8, 4) is 11.5 Å². The second-order valence-corrected chi connectivity index (χ2v) is 7.27. The van der Waals surface area contributed by atoms with Crippen LogP contribution in [0.4, 0.5) is 4.79 Å². The molecule has 2 aromatic carbocycles. The zero-order valence-corrected chi connectivity index (χ0v) is 17.0. The summed E-state index contributed by atoms with van der Waals surface area (Å²) in [5.41, 5.74) is 3.14. The van der Waals surface area contributed by atoms with Crippen LogP contribution in [0.2, 0.25) is 5.02 Å². The molecule has 0 aliphatic heterocycles. The predicted octanol–water partition coefficient (Wildman–Crippen LogP) is 4.12. The quantitative estimate of drug-likeness (QED) is 0.237. The Labute approximate surface area is 172 Å². The number of ether oxygens (including phenoxy) is 3. The smallest absolute Gasteiger partial charge is 0.493 e.